The molecule has 0 saturated carbocycles. The first-order valence-corrected chi connectivity index (χ1v) is 11.9. The van der Waals surface area contributed by atoms with Gasteiger partial charge in [-0.2, -0.15) is 0 Å². The summed E-state index contributed by atoms with van der Waals surface area (Å²) in [7, 11) is 1.77. The molecular formula is C26H27N3O4S. The van der Waals surface area contributed by atoms with Crippen molar-refractivity contribution in [3.8, 4) is 16.9 Å². The number of hydrogen-bond donors (Lipinski definition) is 3. The van der Waals surface area contributed by atoms with Crippen LogP contribution >= 0.6 is 11.3 Å². The number of ether oxygens (including phenoxy) is 1. The SMILES string of the molecule is Cn1cc(-c2cccc(OCc3ccccc3)c2)c2sc(CNCCCNC(=O)O)cc2c1=O. The Bertz CT molecular complexity index is 1330. The van der Waals surface area contributed by atoms with Gasteiger partial charge in [-0.25, -0.2) is 4.79 Å². The van der Waals surface area contributed by atoms with Crippen LogP contribution in [0, 0.1) is 0 Å². The summed E-state index contributed by atoms with van der Waals surface area (Å²) in [5, 5.41) is 15.0. The van der Waals surface area contributed by atoms with Crippen LogP contribution < -0.4 is 20.9 Å². The summed E-state index contributed by atoms with van der Waals surface area (Å²) in [6, 6.07) is 19.9. The summed E-state index contributed by atoms with van der Waals surface area (Å²) in [5.74, 6) is 0.775. The predicted octanol–water partition coefficient (Wildman–Crippen LogP) is 4.59. The molecule has 0 saturated heterocycles. The lowest BCUT2D eigenvalue weighted by molar-refractivity contribution is 0.194. The molecule has 2 aromatic carbocycles. The van der Waals surface area contributed by atoms with Gasteiger partial charge in [0.2, 0.25) is 0 Å². The van der Waals surface area contributed by atoms with Crippen LogP contribution in [-0.4, -0.2) is 28.9 Å². The van der Waals surface area contributed by atoms with Gasteiger partial charge in [-0.3, -0.25) is 4.79 Å². The Hall–Kier alpha value is -3.62. The highest BCUT2D eigenvalue weighted by Gasteiger charge is 2.14. The van der Waals surface area contributed by atoms with E-state index in [-0.39, 0.29) is 5.56 Å². The third kappa shape index (κ3) is 5.84. The Balaban J connectivity index is 1.52. The van der Waals surface area contributed by atoms with Crippen molar-refractivity contribution >= 4 is 27.5 Å². The van der Waals surface area contributed by atoms with E-state index in [0.717, 1.165) is 32.0 Å². The zero-order chi connectivity index (χ0) is 23.9. The molecule has 2 heterocycles. The number of nitrogens with zero attached hydrogens (tertiary/aromatic N) is 1. The molecule has 0 spiro atoms. The van der Waals surface area contributed by atoms with Crippen LogP contribution in [-0.2, 0) is 20.2 Å². The molecule has 4 rings (SSSR count). The monoisotopic (exact) mass is 477 g/mol. The minimum atomic E-state index is -1.01. The van der Waals surface area contributed by atoms with E-state index in [4.69, 9.17) is 9.84 Å². The van der Waals surface area contributed by atoms with Gasteiger partial charge in [0.15, 0.2) is 0 Å². The lowest BCUT2D eigenvalue weighted by Gasteiger charge is -2.10. The van der Waals surface area contributed by atoms with Gasteiger partial charge in [-0.1, -0.05) is 42.5 Å². The molecule has 0 aliphatic carbocycles. The number of nitrogens with one attached hydrogen (secondary N) is 2. The Morgan fingerprint density at radius 2 is 1.91 bits per heavy atom. The van der Waals surface area contributed by atoms with Crippen LogP contribution in [0.2, 0.25) is 0 Å². The van der Waals surface area contributed by atoms with Crippen molar-refractivity contribution in [1.82, 2.24) is 15.2 Å². The van der Waals surface area contributed by atoms with Crippen molar-refractivity contribution in [2.45, 2.75) is 19.6 Å². The summed E-state index contributed by atoms with van der Waals surface area (Å²) in [6.45, 7) is 2.20. The van der Waals surface area contributed by atoms with Gasteiger partial charge >= 0.3 is 6.09 Å². The molecule has 0 unspecified atom stereocenters. The van der Waals surface area contributed by atoms with Crippen molar-refractivity contribution < 1.29 is 14.6 Å². The highest BCUT2D eigenvalue weighted by atomic mass is 32.1. The predicted molar refractivity (Wildman–Crippen MR) is 136 cm³/mol. The van der Waals surface area contributed by atoms with Crippen LogP contribution in [0.4, 0.5) is 4.79 Å². The molecule has 176 valence electrons. The minimum Gasteiger partial charge on any atom is -0.489 e. The summed E-state index contributed by atoms with van der Waals surface area (Å²) in [4.78, 5) is 24.4. The summed E-state index contributed by atoms with van der Waals surface area (Å²) >= 11 is 1.60. The van der Waals surface area contributed by atoms with E-state index in [0.29, 0.717) is 38.0 Å². The maximum atomic E-state index is 12.8. The van der Waals surface area contributed by atoms with E-state index in [2.05, 4.69) is 10.6 Å². The number of aromatic nitrogens is 1. The van der Waals surface area contributed by atoms with Gasteiger partial charge < -0.3 is 25.0 Å². The topological polar surface area (TPSA) is 92.6 Å². The van der Waals surface area contributed by atoms with Gasteiger partial charge in [0.1, 0.15) is 12.4 Å². The first-order chi connectivity index (χ1) is 16.5. The third-order valence-electron chi connectivity index (χ3n) is 5.40. The fourth-order valence-corrected chi connectivity index (χ4v) is 4.86. The Kier molecular flexibility index (Phi) is 7.61. The Morgan fingerprint density at radius 1 is 1.09 bits per heavy atom. The molecule has 0 fully saturated rings. The zero-order valence-corrected chi connectivity index (χ0v) is 19.7. The Labute approximate surface area is 201 Å². The van der Waals surface area contributed by atoms with E-state index in [1.807, 2.05) is 66.9 Å². The molecule has 3 N–H and O–H groups in total. The smallest absolute Gasteiger partial charge is 0.404 e. The fraction of sp³-hybridized carbons (Fsp3) is 0.231. The highest BCUT2D eigenvalue weighted by Crippen LogP contribution is 2.34. The first kappa shape index (κ1) is 23.5. The molecule has 1 amide bonds. The summed E-state index contributed by atoms with van der Waals surface area (Å²) < 4.78 is 8.58. The molecule has 8 heteroatoms. The second-order valence-electron chi connectivity index (χ2n) is 7.98. The van der Waals surface area contributed by atoms with Crippen molar-refractivity contribution in [3.63, 3.8) is 0 Å². The van der Waals surface area contributed by atoms with Crippen LogP contribution in [0.3, 0.4) is 0 Å². The molecule has 0 atom stereocenters. The number of carbonyl (C=O) groups is 1. The van der Waals surface area contributed by atoms with Crippen LogP contribution in [0.5, 0.6) is 5.75 Å². The van der Waals surface area contributed by atoms with E-state index in [9.17, 15) is 9.59 Å². The van der Waals surface area contributed by atoms with Crippen molar-refractivity contribution in [2.75, 3.05) is 13.1 Å². The lowest BCUT2D eigenvalue weighted by atomic mass is 10.1. The number of thiophene rings is 1. The molecule has 34 heavy (non-hydrogen) atoms. The maximum absolute atomic E-state index is 12.8. The average Bonchev–Trinajstić information content (AvgIpc) is 3.27. The molecule has 4 aromatic rings. The third-order valence-corrected chi connectivity index (χ3v) is 6.57. The minimum absolute atomic E-state index is 0.0246. The number of aryl methyl sites for hydroxylation is 1. The second kappa shape index (κ2) is 11.0. The highest BCUT2D eigenvalue weighted by molar-refractivity contribution is 7.19. The molecule has 7 nitrogen and oxygen atoms in total. The van der Waals surface area contributed by atoms with Gasteiger partial charge in [-0.05, 0) is 42.3 Å². The molecule has 2 aromatic heterocycles. The molecular weight excluding hydrogens is 450 g/mol. The fourth-order valence-electron chi connectivity index (χ4n) is 3.71. The van der Waals surface area contributed by atoms with E-state index in [1.165, 1.54) is 0 Å². The van der Waals surface area contributed by atoms with Crippen molar-refractivity contribution in [3.05, 3.63) is 87.7 Å². The number of carboxylic acid groups (broad SMARTS) is 1. The van der Waals surface area contributed by atoms with E-state index in [1.54, 1.807) is 23.0 Å². The van der Waals surface area contributed by atoms with Gasteiger partial charge in [0, 0.05) is 41.5 Å². The number of amides is 1. The summed E-state index contributed by atoms with van der Waals surface area (Å²) in [6.07, 6.45) is 1.56. The zero-order valence-electron chi connectivity index (χ0n) is 18.9. The molecule has 0 bridgehead atoms. The number of rotatable bonds is 10. The quantitative estimate of drug-likeness (QED) is 0.291. The average molecular weight is 478 g/mol. The van der Waals surface area contributed by atoms with Gasteiger partial charge in [0.05, 0.1) is 5.39 Å². The van der Waals surface area contributed by atoms with Gasteiger partial charge in [-0.15, -0.1) is 11.3 Å². The number of pyridine rings is 1. The lowest BCUT2D eigenvalue weighted by Crippen LogP contribution is -2.25. The summed E-state index contributed by atoms with van der Waals surface area (Å²) in [5.41, 5.74) is 3.06. The number of fused-ring (bicyclic) bond motifs is 1. The number of benzene rings is 2. The maximum Gasteiger partial charge on any atom is 0.404 e. The van der Waals surface area contributed by atoms with Crippen molar-refractivity contribution in [2.24, 2.45) is 7.05 Å². The first-order valence-electron chi connectivity index (χ1n) is 11.1. The van der Waals surface area contributed by atoms with Crippen LogP contribution in [0.1, 0.15) is 16.9 Å². The van der Waals surface area contributed by atoms with E-state index >= 15 is 0 Å². The van der Waals surface area contributed by atoms with Gasteiger partial charge in [0.25, 0.3) is 5.56 Å². The molecule has 0 aliphatic heterocycles. The Morgan fingerprint density at radius 3 is 2.71 bits per heavy atom. The van der Waals surface area contributed by atoms with Crippen molar-refractivity contribution in [1.29, 1.82) is 0 Å². The normalized spacial score (nSPS) is 11.0. The second-order valence-corrected chi connectivity index (χ2v) is 9.12. The molecule has 0 aliphatic rings. The largest absolute Gasteiger partial charge is 0.489 e. The van der Waals surface area contributed by atoms with E-state index < -0.39 is 6.09 Å². The van der Waals surface area contributed by atoms with Crippen LogP contribution in [0.15, 0.2) is 71.7 Å². The van der Waals surface area contributed by atoms with Crippen LogP contribution in [0.25, 0.3) is 21.2 Å². The molecule has 0 radical (unpaired) electrons. The standard InChI is InChI=1S/C26H27N3O4S/c1-29-16-23(19-9-5-10-20(13-19)33-17-18-7-3-2-4-8-18)24-22(25(29)30)14-21(34-24)15-27-11-6-12-28-26(31)32/h2-5,7-10,13-14,16,27-28H,6,11-12,15,17H2,1H3,(H,31,32). The number of hydrogen-bond acceptors (Lipinski definition) is 5.